The van der Waals surface area contributed by atoms with Crippen molar-refractivity contribution in [3.63, 3.8) is 0 Å². The summed E-state index contributed by atoms with van der Waals surface area (Å²) in [4.78, 5) is 0. The Morgan fingerprint density at radius 1 is 0.389 bits per heavy atom. The average molecular weight is 630 g/mol. The molecule has 0 fully saturated rings. The summed E-state index contributed by atoms with van der Waals surface area (Å²) < 4.78 is 0. The van der Waals surface area contributed by atoms with Gasteiger partial charge < -0.3 is 0 Å². The van der Waals surface area contributed by atoms with Crippen molar-refractivity contribution in [1.29, 1.82) is 0 Å². The van der Waals surface area contributed by atoms with Crippen LogP contribution in [0.5, 0.6) is 0 Å². The van der Waals surface area contributed by atoms with Gasteiger partial charge in [0, 0.05) is 151 Å². The molecule has 0 saturated heterocycles. The Morgan fingerprint density at radius 3 is 0.778 bits per heavy atom. The van der Waals surface area contributed by atoms with E-state index in [1.807, 2.05) is 0 Å². The standard InChI is InChI=1S/C30H48P2.4Ar/c1-15(2)21-13-23(31)29(27(19(9)10)25(21)17(5)6)30-24(32)14-22(16(3)4)26(18(7)8)28(30)20(11)12;;;;/h13-20H,31-32H2,1-12H3;;;;. The summed E-state index contributed by atoms with van der Waals surface area (Å²) in [6.07, 6.45) is 0. The normalized spacial score (nSPS) is 11.1. The van der Waals surface area contributed by atoms with E-state index in [1.54, 1.807) is 22.3 Å². The van der Waals surface area contributed by atoms with Crippen LogP contribution in [-0.2, 0) is 0 Å². The Morgan fingerprint density at radius 2 is 0.611 bits per heavy atom. The maximum Gasteiger partial charge on any atom is 0 e. The van der Waals surface area contributed by atoms with Crippen molar-refractivity contribution in [1.82, 2.24) is 0 Å². The molecule has 0 bridgehead atoms. The van der Waals surface area contributed by atoms with E-state index in [2.05, 4.69) is 114 Å². The van der Waals surface area contributed by atoms with E-state index in [0.29, 0.717) is 35.5 Å². The zero-order valence-electron chi connectivity index (χ0n) is 24.2. The van der Waals surface area contributed by atoms with Gasteiger partial charge in [-0.2, -0.15) is 0 Å². The molecule has 0 nitrogen and oxygen atoms in total. The third-order valence-electron chi connectivity index (χ3n) is 6.74. The van der Waals surface area contributed by atoms with Crippen LogP contribution in [0.1, 0.15) is 152 Å². The summed E-state index contributed by atoms with van der Waals surface area (Å²) >= 11 is 0. The van der Waals surface area contributed by atoms with E-state index >= 15 is 0 Å². The van der Waals surface area contributed by atoms with Gasteiger partial charge in [-0.05, 0) is 90.6 Å². The third kappa shape index (κ3) is 10.2. The maximum absolute atomic E-state index is 3.11. The minimum Gasteiger partial charge on any atom is -0.105 e. The Hall–Kier alpha value is 4.34. The summed E-state index contributed by atoms with van der Waals surface area (Å²) in [6.45, 7) is 28.3. The van der Waals surface area contributed by atoms with E-state index < -0.39 is 0 Å². The number of hydrogen-bond donors (Lipinski definition) is 0. The minimum absolute atomic E-state index is 0. The Balaban J connectivity index is -0.00000272. The largest absolute Gasteiger partial charge is 0.105 e. The van der Waals surface area contributed by atoms with Crippen LogP contribution in [0, 0.1) is 151 Å². The molecule has 2 aromatic rings. The molecule has 0 aliphatic rings. The molecule has 0 aliphatic heterocycles. The van der Waals surface area contributed by atoms with Crippen LogP contribution in [0.15, 0.2) is 12.1 Å². The van der Waals surface area contributed by atoms with Crippen LogP contribution >= 0.6 is 18.5 Å². The topological polar surface area (TPSA) is 0 Å². The fourth-order valence-corrected chi connectivity index (χ4v) is 6.49. The van der Waals surface area contributed by atoms with Crippen LogP contribution < -0.4 is 10.6 Å². The average Bonchev–Trinajstić information content (AvgIpc) is 2.65. The van der Waals surface area contributed by atoms with Gasteiger partial charge in [0.15, 0.2) is 0 Å². The molecule has 210 valence electrons. The van der Waals surface area contributed by atoms with Crippen LogP contribution in [0.3, 0.4) is 0 Å². The first kappa shape index (κ1) is 44.8. The van der Waals surface area contributed by atoms with Gasteiger partial charge in [-0.1, -0.05) is 95.2 Å². The Bertz CT molecular complexity index is 898. The zero-order chi connectivity index (χ0) is 24.7. The quantitative estimate of drug-likeness (QED) is 0.268. The van der Waals surface area contributed by atoms with Crippen molar-refractivity contribution < 1.29 is 151 Å². The summed E-state index contributed by atoms with van der Waals surface area (Å²) in [5, 5.41) is 2.69. The molecule has 0 radical (unpaired) electrons. The molecular weight excluding hydrogens is 582 g/mol. The van der Waals surface area contributed by atoms with Crippen molar-refractivity contribution in [2.75, 3.05) is 0 Å². The van der Waals surface area contributed by atoms with Crippen LogP contribution in [-0.4, -0.2) is 0 Å². The molecule has 0 amide bonds. The van der Waals surface area contributed by atoms with Crippen molar-refractivity contribution in [2.24, 2.45) is 0 Å². The number of benzene rings is 2. The first-order valence-electron chi connectivity index (χ1n) is 12.6. The zero-order valence-corrected chi connectivity index (χ0v) is 29.3. The van der Waals surface area contributed by atoms with Crippen molar-refractivity contribution >= 4 is 29.1 Å². The molecule has 2 rings (SSSR count). The van der Waals surface area contributed by atoms with Gasteiger partial charge in [0.1, 0.15) is 0 Å². The molecule has 0 heterocycles. The molecule has 0 spiro atoms. The van der Waals surface area contributed by atoms with Gasteiger partial charge in [0.2, 0.25) is 0 Å². The Labute approximate surface area is 348 Å². The van der Waals surface area contributed by atoms with Gasteiger partial charge >= 0.3 is 0 Å². The minimum atomic E-state index is 0. The Kier molecular flexibility index (Phi) is 24.4. The summed E-state index contributed by atoms with van der Waals surface area (Å²) in [5.41, 5.74) is 12.2. The van der Waals surface area contributed by atoms with Crippen LogP contribution in [0.25, 0.3) is 11.1 Å². The molecular formula is C30H48Ar4P2. The number of hydrogen-bond acceptors (Lipinski definition) is 0. The smallest absolute Gasteiger partial charge is 0 e. The molecule has 0 N–H and O–H groups in total. The van der Waals surface area contributed by atoms with E-state index in [4.69, 9.17) is 0 Å². The summed E-state index contributed by atoms with van der Waals surface area (Å²) in [5.74, 6) is 2.99. The SMILES string of the molecule is CC(C)c1cc(P)c(-c2c(P)cc(C(C)C)c(C(C)C)c2C(C)C)c(C(C)C)c1C(C)C.[Ar].[Ar].[Ar].[Ar]. The first-order valence-corrected chi connectivity index (χ1v) is 13.8. The van der Waals surface area contributed by atoms with Gasteiger partial charge in [0.05, 0.1) is 0 Å². The summed E-state index contributed by atoms with van der Waals surface area (Å²) in [6, 6.07) is 4.93. The second kappa shape index (κ2) is 19.6. The molecule has 6 heteroatoms. The second-order valence-electron chi connectivity index (χ2n) is 11.4. The molecule has 0 saturated carbocycles. The van der Waals surface area contributed by atoms with E-state index in [0.717, 1.165) is 0 Å². The second-order valence-corrected chi connectivity index (χ2v) is 12.7. The van der Waals surface area contributed by atoms with E-state index in [-0.39, 0.29) is 151 Å². The van der Waals surface area contributed by atoms with Crippen LogP contribution in [0.2, 0.25) is 0 Å². The van der Waals surface area contributed by atoms with E-state index in [9.17, 15) is 0 Å². The number of rotatable bonds is 7. The molecule has 36 heavy (non-hydrogen) atoms. The fourth-order valence-electron chi connectivity index (χ4n) is 5.53. The predicted molar refractivity (Wildman–Crippen MR) is 155 cm³/mol. The van der Waals surface area contributed by atoms with Crippen molar-refractivity contribution in [3.8, 4) is 11.1 Å². The van der Waals surface area contributed by atoms with Crippen molar-refractivity contribution in [2.45, 2.75) is 119 Å². The van der Waals surface area contributed by atoms with Gasteiger partial charge in [0.25, 0.3) is 0 Å². The molecule has 0 aromatic heterocycles. The van der Waals surface area contributed by atoms with Crippen molar-refractivity contribution in [3.05, 3.63) is 45.5 Å². The van der Waals surface area contributed by atoms with Gasteiger partial charge in [-0.15, -0.1) is 18.5 Å². The van der Waals surface area contributed by atoms with Gasteiger partial charge in [-0.25, -0.2) is 0 Å². The molecule has 0 aliphatic carbocycles. The van der Waals surface area contributed by atoms with Gasteiger partial charge in [-0.3, -0.25) is 0 Å². The van der Waals surface area contributed by atoms with Crippen LogP contribution in [0.4, 0.5) is 0 Å². The third-order valence-corrected chi connectivity index (χ3v) is 7.65. The summed E-state index contributed by atoms with van der Waals surface area (Å²) in [7, 11) is 6.22. The molecule has 2 atom stereocenters. The molecule has 2 aromatic carbocycles. The fraction of sp³-hybridized carbons (Fsp3) is 0.600. The monoisotopic (exact) mass is 630 g/mol. The predicted octanol–water partition coefficient (Wildman–Crippen LogP) is 9.09. The first-order chi connectivity index (χ1) is 14.7. The maximum atomic E-state index is 3.11. The van der Waals surface area contributed by atoms with E-state index in [1.165, 1.54) is 32.9 Å². The molecule has 2 unspecified atom stereocenters.